The van der Waals surface area contributed by atoms with E-state index in [1.807, 2.05) is 37.3 Å². The molecule has 0 N–H and O–H groups in total. The molecule has 28 heavy (non-hydrogen) atoms. The molecule has 1 atom stereocenters. The van der Waals surface area contributed by atoms with E-state index in [-0.39, 0.29) is 17.8 Å². The smallest absolute Gasteiger partial charge is 0.311 e. The van der Waals surface area contributed by atoms with Crippen molar-refractivity contribution in [3.63, 3.8) is 0 Å². The third-order valence-electron chi connectivity index (χ3n) is 4.74. The summed E-state index contributed by atoms with van der Waals surface area (Å²) in [6.45, 7) is 2.29. The first-order valence-corrected chi connectivity index (χ1v) is 8.76. The Bertz CT molecular complexity index is 1040. The summed E-state index contributed by atoms with van der Waals surface area (Å²) in [5.41, 5.74) is 1.94. The van der Waals surface area contributed by atoms with Gasteiger partial charge in [-0.3, -0.25) is 15.1 Å². The zero-order valence-corrected chi connectivity index (χ0v) is 15.1. The highest BCUT2D eigenvalue weighted by molar-refractivity contribution is 6.01. The maximum absolute atomic E-state index is 13.4. The zero-order valence-electron chi connectivity index (χ0n) is 15.1. The lowest BCUT2D eigenvalue weighted by Crippen LogP contribution is -2.46. The second-order valence-electron chi connectivity index (χ2n) is 6.44. The summed E-state index contributed by atoms with van der Waals surface area (Å²) in [6, 6.07) is 14.7. The van der Waals surface area contributed by atoms with Crippen molar-refractivity contribution in [2.45, 2.75) is 19.5 Å². The second kappa shape index (κ2) is 7.07. The molecule has 0 spiro atoms. The molecule has 0 aliphatic carbocycles. The molecule has 1 aliphatic heterocycles. The van der Waals surface area contributed by atoms with Gasteiger partial charge in [-0.05, 0) is 31.2 Å². The second-order valence-corrected chi connectivity index (χ2v) is 6.44. The van der Waals surface area contributed by atoms with E-state index in [1.54, 1.807) is 29.4 Å². The predicted octanol–water partition coefficient (Wildman–Crippen LogP) is 4.22. The number of amides is 2. The first kappa shape index (κ1) is 17.6. The molecule has 1 aliphatic rings. The monoisotopic (exact) mass is 375 g/mol. The van der Waals surface area contributed by atoms with Crippen LogP contribution in [-0.4, -0.2) is 25.8 Å². The summed E-state index contributed by atoms with van der Waals surface area (Å²) >= 11 is 0. The molecule has 0 fully saturated rings. The molecule has 3 aromatic rings. The Hall–Kier alpha value is -3.81. The van der Waals surface area contributed by atoms with E-state index in [0.717, 1.165) is 11.3 Å². The van der Waals surface area contributed by atoms with Crippen molar-refractivity contribution < 1.29 is 9.72 Å². The van der Waals surface area contributed by atoms with E-state index in [0.29, 0.717) is 18.1 Å². The highest BCUT2D eigenvalue weighted by Gasteiger charge is 2.36. The number of nitro benzene ring substituents is 1. The Morgan fingerprint density at radius 3 is 2.64 bits per heavy atom. The topological polar surface area (TPSA) is 92.5 Å². The van der Waals surface area contributed by atoms with Gasteiger partial charge in [0.1, 0.15) is 5.82 Å². The molecule has 1 unspecified atom stereocenters. The van der Waals surface area contributed by atoms with Gasteiger partial charge in [-0.2, -0.15) is 0 Å². The minimum absolute atomic E-state index is 0.0855. The third kappa shape index (κ3) is 3.05. The van der Waals surface area contributed by atoms with Crippen LogP contribution in [0.4, 0.5) is 22.0 Å². The molecule has 3 heterocycles. The first-order chi connectivity index (χ1) is 13.6. The van der Waals surface area contributed by atoms with E-state index in [2.05, 4.69) is 9.97 Å². The van der Waals surface area contributed by atoms with Crippen LogP contribution in [-0.2, 0) is 6.54 Å². The molecule has 8 heteroatoms. The van der Waals surface area contributed by atoms with Crippen molar-refractivity contribution in [1.29, 1.82) is 0 Å². The number of aromatic nitrogens is 2. The maximum Gasteiger partial charge on any atom is 0.331 e. The summed E-state index contributed by atoms with van der Waals surface area (Å²) < 4.78 is 0. The highest BCUT2D eigenvalue weighted by Crippen LogP contribution is 2.37. The van der Waals surface area contributed by atoms with Crippen LogP contribution in [0.15, 0.2) is 67.0 Å². The van der Waals surface area contributed by atoms with Crippen molar-refractivity contribution in [2.75, 3.05) is 4.90 Å². The molecule has 2 amide bonds. The number of hydrogen-bond acceptors (Lipinski definition) is 5. The summed E-state index contributed by atoms with van der Waals surface area (Å²) in [5.74, 6) is 0.484. The van der Waals surface area contributed by atoms with Gasteiger partial charge in [-0.15, -0.1) is 0 Å². The molecule has 0 saturated heterocycles. The normalized spacial score (nSPS) is 14.5. The minimum atomic E-state index is -0.481. The Balaban J connectivity index is 1.80. The molecule has 140 valence electrons. The van der Waals surface area contributed by atoms with Crippen LogP contribution in [0.3, 0.4) is 0 Å². The number of carbonyl (C=O) groups excluding carboxylic acids is 1. The number of pyridine rings is 2. The molecule has 2 aromatic heterocycles. The fraction of sp³-hybridized carbons (Fsp3) is 0.150. The third-order valence-corrected chi connectivity index (χ3v) is 4.74. The van der Waals surface area contributed by atoms with Gasteiger partial charge in [-0.1, -0.05) is 18.2 Å². The average molecular weight is 375 g/mol. The summed E-state index contributed by atoms with van der Waals surface area (Å²) in [4.78, 5) is 35.9. The number of carbonyl (C=O) groups is 1. The number of hydrogen-bond donors (Lipinski definition) is 0. The van der Waals surface area contributed by atoms with Crippen molar-refractivity contribution in [3.05, 3.63) is 88.4 Å². The number of fused-ring (bicyclic) bond motifs is 1. The standard InChI is InChI=1S/C20H17N5O3/c1-14(18-9-2-3-10-21-18)23-13-15-6-5-11-22-19(15)24(20(23)26)16-7-4-8-17(12-16)25(27)28/h2-12,14H,13H2,1H3. The SMILES string of the molecule is CC(c1ccccn1)N1Cc2cccnc2N(c2cccc([N+](=O)[O-])c2)C1=O. The van der Waals surface area contributed by atoms with Crippen molar-refractivity contribution >= 4 is 23.2 Å². The lowest BCUT2D eigenvalue weighted by molar-refractivity contribution is -0.384. The fourth-order valence-corrected chi connectivity index (χ4v) is 3.29. The first-order valence-electron chi connectivity index (χ1n) is 8.76. The van der Waals surface area contributed by atoms with Crippen LogP contribution >= 0.6 is 0 Å². The summed E-state index contributed by atoms with van der Waals surface area (Å²) in [6.07, 6.45) is 3.29. The van der Waals surface area contributed by atoms with Crippen LogP contribution < -0.4 is 4.90 Å². The molecular weight excluding hydrogens is 358 g/mol. The number of anilines is 2. The largest absolute Gasteiger partial charge is 0.331 e. The van der Waals surface area contributed by atoms with Crippen LogP contribution in [0.25, 0.3) is 0 Å². The van der Waals surface area contributed by atoms with Gasteiger partial charge in [0.05, 0.1) is 28.9 Å². The highest BCUT2D eigenvalue weighted by atomic mass is 16.6. The average Bonchev–Trinajstić information content (AvgIpc) is 2.73. The summed E-state index contributed by atoms with van der Waals surface area (Å²) in [5, 5.41) is 11.2. The number of non-ortho nitro benzene ring substituents is 1. The van der Waals surface area contributed by atoms with Crippen LogP contribution in [0.2, 0.25) is 0 Å². The fourth-order valence-electron chi connectivity index (χ4n) is 3.29. The van der Waals surface area contributed by atoms with E-state index in [9.17, 15) is 14.9 Å². The van der Waals surface area contributed by atoms with Gasteiger partial charge in [0.2, 0.25) is 0 Å². The maximum atomic E-state index is 13.4. The molecule has 0 saturated carbocycles. The van der Waals surface area contributed by atoms with E-state index < -0.39 is 4.92 Å². The van der Waals surface area contributed by atoms with Crippen molar-refractivity contribution in [1.82, 2.24) is 14.9 Å². The molecule has 8 nitrogen and oxygen atoms in total. The number of nitro groups is 1. The van der Waals surface area contributed by atoms with Gasteiger partial charge < -0.3 is 4.90 Å². The van der Waals surface area contributed by atoms with Gasteiger partial charge in [0.15, 0.2) is 0 Å². The van der Waals surface area contributed by atoms with Gasteiger partial charge >= 0.3 is 6.03 Å². The van der Waals surface area contributed by atoms with Crippen molar-refractivity contribution in [3.8, 4) is 0 Å². The quantitative estimate of drug-likeness (QED) is 0.503. The molecule has 0 radical (unpaired) electrons. The molecular formula is C20H17N5O3. The van der Waals surface area contributed by atoms with Crippen molar-refractivity contribution in [2.24, 2.45) is 0 Å². The molecule has 4 rings (SSSR count). The zero-order chi connectivity index (χ0) is 19.7. The van der Waals surface area contributed by atoms with E-state index in [4.69, 9.17) is 0 Å². The van der Waals surface area contributed by atoms with Gasteiger partial charge in [0, 0.05) is 30.1 Å². The van der Waals surface area contributed by atoms with E-state index in [1.165, 1.54) is 17.0 Å². The molecule has 0 bridgehead atoms. The minimum Gasteiger partial charge on any atom is -0.311 e. The lowest BCUT2D eigenvalue weighted by atomic mass is 10.1. The molecule has 1 aromatic carbocycles. The Morgan fingerprint density at radius 2 is 1.89 bits per heavy atom. The summed E-state index contributed by atoms with van der Waals surface area (Å²) in [7, 11) is 0. The van der Waals surface area contributed by atoms with E-state index >= 15 is 0 Å². The number of urea groups is 1. The van der Waals surface area contributed by atoms with Crippen LogP contribution in [0.5, 0.6) is 0 Å². The predicted molar refractivity (Wildman–Crippen MR) is 103 cm³/mol. The Morgan fingerprint density at radius 1 is 1.07 bits per heavy atom. The number of nitrogens with zero attached hydrogens (tertiary/aromatic N) is 5. The van der Waals surface area contributed by atoms with Gasteiger partial charge in [-0.25, -0.2) is 14.7 Å². The Kier molecular flexibility index (Phi) is 4.44. The van der Waals surface area contributed by atoms with Gasteiger partial charge in [0.25, 0.3) is 5.69 Å². The number of benzene rings is 1. The Labute approximate surface area is 161 Å². The number of rotatable bonds is 4. The van der Waals surface area contributed by atoms with Crippen LogP contribution in [0.1, 0.15) is 24.2 Å². The van der Waals surface area contributed by atoms with Crippen LogP contribution in [0, 0.1) is 10.1 Å². The lowest BCUT2D eigenvalue weighted by Gasteiger charge is -2.39.